The molecule has 0 aliphatic carbocycles. The molecule has 4 nitrogen and oxygen atoms in total. The molecule has 1 aromatic carbocycles. The first-order chi connectivity index (χ1) is 8.72. The summed E-state index contributed by atoms with van der Waals surface area (Å²) in [6.45, 7) is 6.02. The van der Waals surface area contributed by atoms with Gasteiger partial charge in [-0.1, -0.05) is 29.8 Å². The molecule has 1 aromatic rings. The third-order valence-corrected chi connectivity index (χ3v) is 5.19. The van der Waals surface area contributed by atoms with Gasteiger partial charge >= 0.3 is 0 Å². The highest BCUT2D eigenvalue weighted by atomic mass is 79.9. The van der Waals surface area contributed by atoms with Gasteiger partial charge in [-0.25, -0.2) is 13.1 Å². The molecule has 0 aliphatic rings. The van der Waals surface area contributed by atoms with Crippen LogP contribution in [0.4, 0.5) is 0 Å². The molecule has 0 saturated heterocycles. The summed E-state index contributed by atoms with van der Waals surface area (Å²) in [6, 6.07) is 5.10. The molecule has 0 saturated carbocycles. The molecule has 0 aromatic heterocycles. The normalized spacial score (nSPS) is 12.1. The molecule has 20 heavy (non-hydrogen) atoms. The van der Waals surface area contributed by atoms with Crippen LogP contribution in [-0.4, -0.2) is 20.5 Å². The van der Waals surface area contributed by atoms with Gasteiger partial charge in [0.05, 0.1) is 4.90 Å². The lowest BCUT2D eigenvalue weighted by atomic mass is 9.95. The van der Waals surface area contributed by atoms with Gasteiger partial charge in [0.15, 0.2) is 0 Å². The summed E-state index contributed by atoms with van der Waals surface area (Å²) in [6.07, 6.45) is 1.45. The Hall–Kier alpha value is -0.140. The van der Waals surface area contributed by atoms with Crippen molar-refractivity contribution in [3.63, 3.8) is 0 Å². The summed E-state index contributed by atoms with van der Waals surface area (Å²) in [5, 5.41) is 0. The summed E-state index contributed by atoms with van der Waals surface area (Å²) < 4.78 is 27.8. The molecule has 0 unspecified atom stereocenters. The van der Waals surface area contributed by atoms with Crippen LogP contribution in [0.2, 0.25) is 0 Å². The van der Waals surface area contributed by atoms with Gasteiger partial charge in [0.2, 0.25) is 10.0 Å². The lowest BCUT2D eigenvalue weighted by molar-refractivity contribution is 0.392. The van der Waals surface area contributed by atoms with Gasteiger partial charge in [0, 0.05) is 16.6 Å². The Kier molecular flexibility index (Phi) is 7.70. The summed E-state index contributed by atoms with van der Waals surface area (Å²) in [4.78, 5) is 0.258. The quantitative estimate of drug-likeness (QED) is 0.790. The number of benzene rings is 1. The SMILES string of the molecule is CCC(N)(CC)CNS(=O)(=O)c1cc(C)cc(Br)c1.Cl. The van der Waals surface area contributed by atoms with E-state index in [-0.39, 0.29) is 23.8 Å². The number of nitrogens with one attached hydrogen (secondary N) is 1. The Labute approximate surface area is 136 Å². The Morgan fingerprint density at radius 1 is 1.25 bits per heavy atom. The lowest BCUT2D eigenvalue weighted by Crippen LogP contribution is -2.49. The molecular weight excluding hydrogens is 364 g/mol. The van der Waals surface area contributed by atoms with E-state index in [1.54, 1.807) is 12.1 Å². The number of nitrogens with two attached hydrogens (primary N) is 1. The number of halogens is 2. The van der Waals surface area contributed by atoms with E-state index in [9.17, 15) is 8.42 Å². The van der Waals surface area contributed by atoms with Crippen LogP contribution < -0.4 is 10.5 Å². The average Bonchev–Trinajstić information content (AvgIpc) is 2.35. The van der Waals surface area contributed by atoms with Crippen LogP contribution in [0.1, 0.15) is 32.3 Å². The molecule has 7 heteroatoms. The smallest absolute Gasteiger partial charge is 0.240 e. The Balaban J connectivity index is 0.00000361. The summed E-state index contributed by atoms with van der Waals surface area (Å²) in [5.74, 6) is 0. The Morgan fingerprint density at radius 3 is 2.25 bits per heavy atom. The molecule has 0 spiro atoms. The van der Waals surface area contributed by atoms with Crippen molar-refractivity contribution >= 4 is 38.4 Å². The fourth-order valence-electron chi connectivity index (χ4n) is 1.68. The van der Waals surface area contributed by atoms with E-state index in [1.807, 2.05) is 26.8 Å². The predicted octanol–water partition coefficient (Wildman–Crippen LogP) is 2.98. The zero-order valence-corrected chi connectivity index (χ0v) is 15.2. The second-order valence-electron chi connectivity index (χ2n) is 4.86. The van der Waals surface area contributed by atoms with Crippen LogP contribution in [0.25, 0.3) is 0 Å². The van der Waals surface area contributed by atoms with Gasteiger partial charge in [-0.3, -0.25) is 0 Å². The monoisotopic (exact) mass is 384 g/mol. The van der Waals surface area contributed by atoms with Crippen LogP contribution in [0.3, 0.4) is 0 Å². The topological polar surface area (TPSA) is 72.2 Å². The van der Waals surface area contributed by atoms with Gasteiger partial charge in [0.25, 0.3) is 0 Å². The molecule has 0 heterocycles. The van der Waals surface area contributed by atoms with Crippen molar-refractivity contribution in [2.75, 3.05) is 6.54 Å². The Bertz CT molecular complexity index is 525. The molecule has 0 bridgehead atoms. The van der Waals surface area contributed by atoms with E-state index in [0.29, 0.717) is 0 Å². The number of hydrogen-bond acceptors (Lipinski definition) is 3. The number of sulfonamides is 1. The van der Waals surface area contributed by atoms with E-state index in [1.165, 1.54) is 0 Å². The van der Waals surface area contributed by atoms with Crippen LogP contribution in [0.5, 0.6) is 0 Å². The fourth-order valence-corrected chi connectivity index (χ4v) is 3.71. The van der Waals surface area contributed by atoms with E-state index in [4.69, 9.17) is 5.73 Å². The van der Waals surface area contributed by atoms with Crippen molar-refractivity contribution in [2.45, 2.75) is 44.0 Å². The molecular formula is C13H22BrClN2O2S. The van der Waals surface area contributed by atoms with Crippen molar-refractivity contribution in [3.05, 3.63) is 28.2 Å². The van der Waals surface area contributed by atoms with Crippen LogP contribution in [0, 0.1) is 6.92 Å². The highest BCUT2D eigenvalue weighted by Gasteiger charge is 2.24. The van der Waals surface area contributed by atoms with Crippen molar-refractivity contribution in [2.24, 2.45) is 5.73 Å². The summed E-state index contributed by atoms with van der Waals surface area (Å²) in [7, 11) is -3.52. The van der Waals surface area contributed by atoms with Crippen molar-refractivity contribution in [1.82, 2.24) is 4.72 Å². The summed E-state index contributed by atoms with van der Waals surface area (Å²) >= 11 is 3.31. The maximum Gasteiger partial charge on any atom is 0.240 e. The van der Waals surface area contributed by atoms with E-state index in [0.717, 1.165) is 22.9 Å². The maximum absolute atomic E-state index is 12.2. The van der Waals surface area contributed by atoms with Crippen LogP contribution >= 0.6 is 28.3 Å². The van der Waals surface area contributed by atoms with E-state index >= 15 is 0 Å². The minimum absolute atomic E-state index is 0. The minimum atomic E-state index is -3.52. The van der Waals surface area contributed by atoms with Crippen LogP contribution in [0.15, 0.2) is 27.6 Å². The third-order valence-electron chi connectivity index (χ3n) is 3.35. The zero-order chi connectivity index (χ0) is 14.7. The number of rotatable bonds is 6. The Morgan fingerprint density at radius 2 is 1.80 bits per heavy atom. The number of aryl methyl sites for hydroxylation is 1. The minimum Gasteiger partial charge on any atom is -0.324 e. The number of hydrogen-bond donors (Lipinski definition) is 2. The van der Waals surface area contributed by atoms with Gasteiger partial charge in [0.1, 0.15) is 0 Å². The third kappa shape index (κ3) is 5.33. The predicted molar refractivity (Wildman–Crippen MR) is 88.8 cm³/mol. The molecule has 116 valence electrons. The van der Waals surface area contributed by atoms with E-state index < -0.39 is 15.6 Å². The van der Waals surface area contributed by atoms with Gasteiger partial charge in [-0.2, -0.15) is 0 Å². The largest absolute Gasteiger partial charge is 0.324 e. The standard InChI is InChI=1S/C13H21BrN2O2S.ClH/c1-4-13(15,5-2)9-16-19(17,18)12-7-10(3)6-11(14)8-12;/h6-8,16H,4-5,9,15H2,1-3H3;1H. The van der Waals surface area contributed by atoms with Crippen molar-refractivity contribution < 1.29 is 8.42 Å². The zero-order valence-electron chi connectivity index (χ0n) is 11.9. The van der Waals surface area contributed by atoms with Crippen molar-refractivity contribution in [3.8, 4) is 0 Å². The van der Waals surface area contributed by atoms with Gasteiger partial charge < -0.3 is 5.73 Å². The first kappa shape index (κ1) is 19.9. The van der Waals surface area contributed by atoms with Gasteiger partial charge in [-0.15, -0.1) is 12.4 Å². The fraction of sp³-hybridized carbons (Fsp3) is 0.538. The molecule has 0 amide bonds. The summed E-state index contributed by atoms with van der Waals surface area (Å²) in [5.41, 5.74) is 6.50. The molecule has 0 atom stereocenters. The maximum atomic E-state index is 12.2. The average molecular weight is 386 g/mol. The second-order valence-corrected chi connectivity index (χ2v) is 7.54. The highest BCUT2D eigenvalue weighted by molar-refractivity contribution is 9.10. The molecule has 0 radical (unpaired) electrons. The molecule has 0 fully saturated rings. The second kappa shape index (κ2) is 7.75. The van der Waals surface area contributed by atoms with Gasteiger partial charge in [-0.05, 0) is 43.5 Å². The van der Waals surface area contributed by atoms with E-state index in [2.05, 4.69) is 20.7 Å². The van der Waals surface area contributed by atoms with Crippen molar-refractivity contribution in [1.29, 1.82) is 0 Å². The van der Waals surface area contributed by atoms with Crippen LogP contribution in [-0.2, 0) is 10.0 Å². The first-order valence-electron chi connectivity index (χ1n) is 6.28. The first-order valence-corrected chi connectivity index (χ1v) is 8.56. The molecule has 1 rings (SSSR count). The lowest BCUT2D eigenvalue weighted by Gasteiger charge is -2.26. The molecule has 0 aliphatic heterocycles. The highest BCUT2D eigenvalue weighted by Crippen LogP contribution is 2.19. The molecule has 3 N–H and O–H groups in total.